The molecule has 0 aliphatic carbocycles. The van der Waals surface area contributed by atoms with Crippen molar-refractivity contribution in [3.8, 4) is 11.5 Å². The third kappa shape index (κ3) is 2.32. The summed E-state index contributed by atoms with van der Waals surface area (Å²) in [5.74, 6) is -0.510. The minimum Gasteiger partial charge on any atom is -0.477 e. The molecule has 0 aliphatic rings. The van der Waals surface area contributed by atoms with Gasteiger partial charge in [-0.2, -0.15) is 5.10 Å². The molecule has 3 rings (SSSR count). The van der Waals surface area contributed by atoms with Crippen molar-refractivity contribution in [2.24, 2.45) is 0 Å². The van der Waals surface area contributed by atoms with Gasteiger partial charge in [0.1, 0.15) is 5.56 Å². The Morgan fingerprint density at radius 2 is 1.81 bits per heavy atom. The summed E-state index contributed by atoms with van der Waals surface area (Å²) in [7, 11) is 0. The van der Waals surface area contributed by atoms with Gasteiger partial charge in [-0.1, -0.05) is 11.6 Å². The Labute approximate surface area is 126 Å². The van der Waals surface area contributed by atoms with Crippen molar-refractivity contribution in [1.82, 2.24) is 14.3 Å². The standard InChI is InChI=1S/C15H12ClN3O2/c1-10-13(15(20)21)14(18-8-2-3-9-18)19(17-10)12-6-4-11(16)5-7-12/h2-9H,1H3,(H,20,21). The van der Waals surface area contributed by atoms with Gasteiger partial charge in [-0.05, 0) is 43.3 Å². The molecule has 0 atom stereocenters. The lowest BCUT2D eigenvalue weighted by atomic mass is 10.2. The van der Waals surface area contributed by atoms with Crippen LogP contribution in [0, 0.1) is 6.92 Å². The van der Waals surface area contributed by atoms with Gasteiger partial charge in [0.15, 0.2) is 5.82 Å². The van der Waals surface area contributed by atoms with Crippen LogP contribution < -0.4 is 0 Å². The van der Waals surface area contributed by atoms with Crippen LogP contribution in [-0.4, -0.2) is 25.4 Å². The predicted octanol–water partition coefficient (Wildman–Crippen LogP) is 3.32. The Morgan fingerprint density at radius 3 is 2.38 bits per heavy atom. The second-order valence-corrected chi connectivity index (χ2v) is 5.00. The lowest BCUT2D eigenvalue weighted by Crippen LogP contribution is -2.08. The summed E-state index contributed by atoms with van der Waals surface area (Å²) in [5, 5.41) is 14.4. The van der Waals surface area contributed by atoms with E-state index in [9.17, 15) is 9.90 Å². The third-order valence-corrected chi connectivity index (χ3v) is 3.42. The summed E-state index contributed by atoms with van der Waals surface area (Å²) < 4.78 is 3.34. The molecule has 0 saturated carbocycles. The number of aromatic nitrogens is 3. The molecule has 5 nitrogen and oxygen atoms in total. The van der Waals surface area contributed by atoms with E-state index in [1.54, 1.807) is 52.8 Å². The maximum Gasteiger partial charge on any atom is 0.341 e. The van der Waals surface area contributed by atoms with Gasteiger partial charge in [-0.3, -0.25) is 0 Å². The number of carboxylic acids is 1. The summed E-state index contributed by atoms with van der Waals surface area (Å²) in [4.78, 5) is 11.5. The first-order valence-corrected chi connectivity index (χ1v) is 6.68. The van der Waals surface area contributed by atoms with Crippen molar-refractivity contribution in [2.75, 3.05) is 0 Å². The molecule has 2 heterocycles. The molecule has 0 unspecified atom stereocenters. The normalized spacial score (nSPS) is 10.8. The molecule has 0 radical (unpaired) electrons. The largest absolute Gasteiger partial charge is 0.477 e. The van der Waals surface area contributed by atoms with Crippen molar-refractivity contribution in [1.29, 1.82) is 0 Å². The fourth-order valence-electron chi connectivity index (χ4n) is 2.24. The second-order valence-electron chi connectivity index (χ2n) is 4.57. The summed E-state index contributed by atoms with van der Waals surface area (Å²) in [6.45, 7) is 1.68. The zero-order valence-corrected chi connectivity index (χ0v) is 11.9. The van der Waals surface area contributed by atoms with Gasteiger partial charge in [-0.25, -0.2) is 9.48 Å². The number of carboxylic acid groups (broad SMARTS) is 1. The molecule has 2 aromatic heterocycles. The van der Waals surface area contributed by atoms with E-state index in [1.165, 1.54) is 0 Å². The van der Waals surface area contributed by atoms with E-state index >= 15 is 0 Å². The first-order chi connectivity index (χ1) is 10.1. The van der Waals surface area contributed by atoms with E-state index in [0.717, 1.165) is 5.69 Å². The SMILES string of the molecule is Cc1nn(-c2ccc(Cl)cc2)c(-n2cccc2)c1C(=O)O. The molecular weight excluding hydrogens is 290 g/mol. The van der Waals surface area contributed by atoms with Crippen molar-refractivity contribution in [3.63, 3.8) is 0 Å². The second kappa shape index (κ2) is 5.10. The Bertz CT molecular complexity index is 789. The van der Waals surface area contributed by atoms with E-state index in [1.807, 2.05) is 12.1 Å². The number of hydrogen-bond donors (Lipinski definition) is 1. The van der Waals surface area contributed by atoms with Crippen LogP contribution in [0.2, 0.25) is 5.02 Å². The lowest BCUT2D eigenvalue weighted by molar-refractivity contribution is 0.0696. The number of aromatic carboxylic acids is 1. The smallest absolute Gasteiger partial charge is 0.341 e. The monoisotopic (exact) mass is 301 g/mol. The van der Waals surface area contributed by atoms with Gasteiger partial charge in [0, 0.05) is 17.4 Å². The Morgan fingerprint density at radius 1 is 1.19 bits per heavy atom. The van der Waals surface area contributed by atoms with Crippen molar-refractivity contribution in [3.05, 3.63) is 65.1 Å². The van der Waals surface area contributed by atoms with E-state index in [-0.39, 0.29) is 5.56 Å². The van der Waals surface area contributed by atoms with Crippen LogP contribution in [0.25, 0.3) is 11.5 Å². The zero-order valence-electron chi connectivity index (χ0n) is 11.2. The average molecular weight is 302 g/mol. The quantitative estimate of drug-likeness (QED) is 0.807. The maximum atomic E-state index is 11.5. The van der Waals surface area contributed by atoms with E-state index < -0.39 is 5.97 Å². The molecule has 0 fully saturated rings. The molecule has 6 heteroatoms. The topological polar surface area (TPSA) is 60.0 Å². The predicted molar refractivity (Wildman–Crippen MR) is 79.6 cm³/mol. The number of rotatable bonds is 3. The van der Waals surface area contributed by atoms with Gasteiger partial charge in [-0.15, -0.1) is 0 Å². The van der Waals surface area contributed by atoms with Crippen molar-refractivity contribution >= 4 is 17.6 Å². The van der Waals surface area contributed by atoms with E-state index in [0.29, 0.717) is 16.5 Å². The Kier molecular flexibility index (Phi) is 3.27. The average Bonchev–Trinajstić information content (AvgIpc) is 3.06. The Balaban J connectivity index is 2.28. The molecule has 0 aliphatic heterocycles. The van der Waals surface area contributed by atoms with E-state index in [4.69, 9.17) is 11.6 Å². The summed E-state index contributed by atoms with van der Waals surface area (Å²) in [6, 6.07) is 10.8. The summed E-state index contributed by atoms with van der Waals surface area (Å²) >= 11 is 5.90. The molecule has 21 heavy (non-hydrogen) atoms. The number of benzene rings is 1. The lowest BCUT2D eigenvalue weighted by Gasteiger charge is -2.09. The van der Waals surface area contributed by atoms with Crippen LogP contribution in [0.1, 0.15) is 16.1 Å². The van der Waals surface area contributed by atoms with Crippen LogP contribution in [0.4, 0.5) is 0 Å². The fourth-order valence-corrected chi connectivity index (χ4v) is 2.37. The molecule has 1 N–H and O–H groups in total. The first kappa shape index (κ1) is 13.5. The van der Waals surface area contributed by atoms with Gasteiger partial charge in [0.25, 0.3) is 0 Å². The number of nitrogens with zero attached hydrogens (tertiary/aromatic N) is 3. The van der Waals surface area contributed by atoms with Gasteiger partial charge in [0.05, 0.1) is 11.4 Å². The molecule has 1 aromatic carbocycles. The Hall–Kier alpha value is -2.53. The minimum atomic E-state index is -1.00. The molecule has 106 valence electrons. The molecule has 0 bridgehead atoms. The summed E-state index contributed by atoms with van der Waals surface area (Å²) in [5.41, 5.74) is 1.39. The van der Waals surface area contributed by atoms with Crippen molar-refractivity contribution in [2.45, 2.75) is 6.92 Å². The van der Waals surface area contributed by atoms with Crippen molar-refractivity contribution < 1.29 is 9.90 Å². The molecule has 0 amide bonds. The van der Waals surface area contributed by atoms with Crippen LogP contribution in [-0.2, 0) is 0 Å². The van der Waals surface area contributed by atoms with E-state index in [2.05, 4.69) is 5.10 Å². The van der Waals surface area contributed by atoms with Crippen LogP contribution in [0.5, 0.6) is 0 Å². The summed E-state index contributed by atoms with van der Waals surface area (Å²) in [6.07, 6.45) is 3.57. The maximum absolute atomic E-state index is 11.5. The zero-order chi connectivity index (χ0) is 15.0. The highest BCUT2D eigenvalue weighted by atomic mass is 35.5. The molecule has 0 spiro atoms. The number of carbonyl (C=O) groups is 1. The number of halogens is 1. The molecule has 0 saturated heterocycles. The van der Waals surface area contributed by atoms with Crippen LogP contribution in [0.3, 0.4) is 0 Å². The highest BCUT2D eigenvalue weighted by molar-refractivity contribution is 6.30. The highest BCUT2D eigenvalue weighted by Crippen LogP contribution is 2.23. The third-order valence-electron chi connectivity index (χ3n) is 3.17. The molecular formula is C15H12ClN3O2. The van der Waals surface area contributed by atoms with Gasteiger partial charge >= 0.3 is 5.97 Å². The fraction of sp³-hybridized carbons (Fsp3) is 0.0667. The first-order valence-electron chi connectivity index (χ1n) is 6.30. The van der Waals surface area contributed by atoms with Gasteiger partial charge in [0.2, 0.25) is 0 Å². The molecule has 3 aromatic rings. The number of hydrogen-bond acceptors (Lipinski definition) is 2. The van der Waals surface area contributed by atoms with Crippen LogP contribution >= 0.6 is 11.6 Å². The highest BCUT2D eigenvalue weighted by Gasteiger charge is 2.22. The minimum absolute atomic E-state index is 0.182. The number of aryl methyl sites for hydroxylation is 1. The van der Waals surface area contributed by atoms with Gasteiger partial charge < -0.3 is 9.67 Å². The van der Waals surface area contributed by atoms with Crippen LogP contribution in [0.15, 0.2) is 48.8 Å².